The molecule has 0 aliphatic heterocycles. The van der Waals surface area contributed by atoms with Crippen molar-refractivity contribution in [3.8, 4) is 11.5 Å². The first-order valence-electron chi connectivity index (χ1n) is 7.96. The lowest BCUT2D eigenvalue weighted by Gasteiger charge is -2.08. The summed E-state index contributed by atoms with van der Waals surface area (Å²) in [6, 6.07) is 15.3. The standard InChI is InChI=1S/C19H22ClNO2/c1-2-5-19(22)21-13-4-7-15-6-3-8-18(14-15)23-17-11-9-16(20)10-12-17/h3,6,8-12,14H,2,4-5,7,13H2,1H3,(H,21,22). The van der Waals surface area contributed by atoms with Crippen molar-refractivity contribution in [3.63, 3.8) is 0 Å². The molecule has 0 spiro atoms. The molecular weight excluding hydrogens is 310 g/mol. The summed E-state index contributed by atoms with van der Waals surface area (Å²) in [6.07, 6.45) is 3.31. The molecular formula is C19H22ClNO2. The highest BCUT2D eigenvalue weighted by Gasteiger charge is 2.01. The van der Waals surface area contributed by atoms with Gasteiger partial charge >= 0.3 is 0 Å². The van der Waals surface area contributed by atoms with E-state index in [2.05, 4.69) is 11.4 Å². The summed E-state index contributed by atoms with van der Waals surface area (Å²) in [7, 11) is 0. The molecule has 23 heavy (non-hydrogen) atoms. The Morgan fingerprint density at radius 1 is 1.13 bits per heavy atom. The van der Waals surface area contributed by atoms with Gasteiger partial charge in [-0.2, -0.15) is 0 Å². The second kappa shape index (κ2) is 9.21. The van der Waals surface area contributed by atoms with Gasteiger partial charge in [-0.15, -0.1) is 0 Å². The van der Waals surface area contributed by atoms with Crippen LogP contribution in [0.1, 0.15) is 31.7 Å². The molecule has 2 aromatic rings. The SMILES string of the molecule is CCCC(=O)NCCCc1cccc(Oc2ccc(Cl)cc2)c1. The molecule has 2 rings (SSSR count). The lowest BCUT2D eigenvalue weighted by atomic mass is 10.1. The molecule has 4 heteroatoms. The first-order valence-corrected chi connectivity index (χ1v) is 8.34. The zero-order valence-corrected chi connectivity index (χ0v) is 14.1. The lowest BCUT2D eigenvalue weighted by molar-refractivity contribution is -0.121. The van der Waals surface area contributed by atoms with Crippen LogP contribution in [-0.4, -0.2) is 12.5 Å². The maximum atomic E-state index is 11.4. The van der Waals surface area contributed by atoms with Crippen molar-refractivity contribution < 1.29 is 9.53 Å². The van der Waals surface area contributed by atoms with E-state index in [0.717, 1.165) is 30.8 Å². The summed E-state index contributed by atoms with van der Waals surface area (Å²) in [6.45, 7) is 2.72. The number of amides is 1. The van der Waals surface area contributed by atoms with Crippen molar-refractivity contribution in [2.24, 2.45) is 0 Å². The van der Waals surface area contributed by atoms with Gasteiger partial charge in [-0.25, -0.2) is 0 Å². The van der Waals surface area contributed by atoms with Crippen LogP contribution < -0.4 is 10.1 Å². The van der Waals surface area contributed by atoms with Crippen LogP contribution in [0.5, 0.6) is 11.5 Å². The highest BCUT2D eigenvalue weighted by molar-refractivity contribution is 6.30. The Morgan fingerprint density at radius 3 is 2.65 bits per heavy atom. The summed E-state index contributed by atoms with van der Waals surface area (Å²) in [4.78, 5) is 11.4. The number of ether oxygens (including phenoxy) is 1. The van der Waals surface area contributed by atoms with Gasteiger partial charge in [0.2, 0.25) is 5.91 Å². The van der Waals surface area contributed by atoms with Gasteiger partial charge in [-0.3, -0.25) is 4.79 Å². The number of hydrogen-bond acceptors (Lipinski definition) is 2. The molecule has 0 aromatic heterocycles. The Morgan fingerprint density at radius 2 is 1.91 bits per heavy atom. The van der Waals surface area contributed by atoms with Crippen molar-refractivity contribution >= 4 is 17.5 Å². The lowest BCUT2D eigenvalue weighted by Crippen LogP contribution is -2.24. The van der Waals surface area contributed by atoms with Gasteiger partial charge in [-0.05, 0) is 61.2 Å². The molecule has 0 fully saturated rings. The highest BCUT2D eigenvalue weighted by atomic mass is 35.5. The van der Waals surface area contributed by atoms with E-state index in [4.69, 9.17) is 16.3 Å². The summed E-state index contributed by atoms with van der Waals surface area (Å²) in [5.41, 5.74) is 1.20. The topological polar surface area (TPSA) is 38.3 Å². The van der Waals surface area contributed by atoms with E-state index in [0.29, 0.717) is 18.0 Å². The van der Waals surface area contributed by atoms with E-state index in [1.54, 1.807) is 12.1 Å². The molecule has 0 saturated carbocycles. The van der Waals surface area contributed by atoms with Crippen LogP contribution in [0.3, 0.4) is 0 Å². The summed E-state index contributed by atoms with van der Waals surface area (Å²) in [5.74, 6) is 1.70. The van der Waals surface area contributed by atoms with Gasteiger partial charge in [-0.1, -0.05) is 30.7 Å². The van der Waals surface area contributed by atoms with Crippen LogP contribution in [0, 0.1) is 0 Å². The molecule has 0 aliphatic carbocycles. The molecule has 0 saturated heterocycles. The summed E-state index contributed by atoms with van der Waals surface area (Å²) < 4.78 is 5.82. The largest absolute Gasteiger partial charge is 0.457 e. The third-order valence-electron chi connectivity index (χ3n) is 3.39. The predicted octanol–water partition coefficient (Wildman–Crippen LogP) is 4.98. The number of nitrogens with one attached hydrogen (secondary N) is 1. The van der Waals surface area contributed by atoms with Crippen molar-refractivity contribution in [1.82, 2.24) is 5.32 Å². The zero-order valence-electron chi connectivity index (χ0n) is 13.3. The fourth-order valence-electron chi connectivity index (χ4n) is 2.24. The molecule has 3 nitrogen and oxygen atoms in total. The quantitative estimate of drug-likeness (QED) is 0.693. The third kappa shape index (κ3) is 6.33. The molecule has 122 valence electrons. The van der Waals surface area contributed by atoms with Crippen LogP contribution in [0.15, 0.2) is 48.5 Å². The van der Waals surface area contributed by atoms with Gasteiger partial charge in [0, 0.05) is 18.0 Å². The van der Waals surface area contributed by atoms with E-state index in [1.807, 2.05) is 37.3 Å². The molecule has 0 atom stereocenters. The first-order chi connectivity index (χ1) is 11.2. The van der Waals surface area contributed by atoms with E-state index < -0.39 is 0 Å². The Balaban J connectivity index is 1.82. The Kier molecular flexibility index (Phi) is 6.95. The number of halogens is 1. The van der Waals surface area contributed by atoms with E-state index in [1.165, 1.54) is 5.56 Å². The average molecular weight is 332 g/mol. The Hall–Kier alpha value is -2.00. The van der Waals surface area contributed by atoms with Crippen LogP contribution in [0.4, 0.5) is 0 Å². The van der Waals surface area contributed by atoms with Crippen molar-refractivity contribution in [3.05, 3.63) is 59.1 Å². The molecule has 2 aromatic carbocycles. The van der Waals surface area contributed by atoms with E-state index >= 15 is 0 Å². The zero-order chi connectivity index (χ0) is 16.5. The van der Waals surface area contributed by atoms with Crippen LogP contribution in [-0.2, 0) is 11.2 Å². The minimum atomic E-state index is 0.132. The summed E-state index contributed by atoms with van der Waals surface area (Å²) >= 11 is 5.87. The van der Waals surface area contributed by atoms with Crippen LogP contribution >= 0.6 is 11.6 Å². The minimum absolute atomic E-state index is 0.132. The molecule has 1 amide bonds. The number of hydrogen-bond donors (Lipinski definition) is 1. The molecule has 0 aliphatic rings. The Labute approximate surface area is 142 Å². The van der Waals surface area contributed by atoms with Gasteiger partial charge < -0.3 is 10.1 Å². The smallest absolute Gasteiger partial charge is 0.219 e. The highest BCUT2D eigenvalue weighted by Crippen LogP contribution is 2.24. The van der Waals surface area contributed by atoms with Crippen LogP contribution in [0.2, 0.25) is 5.02 Å². The van der Waals surface area contributed by atoms with Crippen molar-refractivity contribution in [2.45, 2.75) is 32.6 Å². The molecule has 1 N–H and O–H groups in total. The molecule has 0 radical (unpaired) electrons. The maximum absolute atomic E-state index is 11.4. The fraction of sp³-hybridized carbons (Fsp3) is 0.316. The normalized spacial score (nSPS) is 10.3. The number of rotatable bonds is 8. The van der Waals surface area contributed by atoms with Crippen molar-refractivity contribution in [1.29, 1.82) is 0 Å². The van der Waals surface area contributed by atoms with Gasteiger partial charge in [0.1, 0.15) is 11.5 Å². The van der Waals surface area contributed by atoms with E-state index in [9.17, 15) is 4.79 Å². The third-order valence-corrected chi connectivity index (χ3v) is 3.64. The Bertz CT molecular complexity index is 626. The first kappa shape index (κ1) is 17.4. The second-order valence-electron chi connectivity index (χ2n) is 5.41. The van der Waals surface area contributed by atoms with Crippen LogP contribution in [0.25, 0.3) is 0 Å². The maximum Gasteiger partial charge on any atom is 0.219 e. The fourth-order valence-corrected chi connectivity index (χ4v) is 2.36. The average Bonchev–Trinajstić information content (AvgIpc) is 2.55. The number of carbonyl (C=O) groups is 1. The molecule has 0 heterocycles. The number of benzene rings is 2. The molecule has 0 unspecified atom stereocenters. The van der Waals surface area contributed by atoms with Gasteiger partial charge in [0.05, 0.1) is 0 Å². The van der Waals surface area contributed by atoms with Gasteiger partial charge in [0.25, 0.3) is 0 Å². The predicted molar refractivity (Wildman–Crippen MR) is 94.2 cm³/mol. The second-order valence-corrected chi connectivity index (χ2v) is 5.84. The van der Waals surface area contributed by atoms with E-state index in [-0.39, 0.29) is 5.91 Å². The number of carbonyl (C=O) groups excluding carboxylic acids is 1. The minimum Gasteiger partial charge on any atom is -0.457 e. The molecule has 0 bridgehead atoms. The monoisotopic (exact) mass is 331 g/mol. The summed E-state index contributed by atoms with van der Waals surface area (Å²) in [5, 5.41) is 3.62. The van der Waals surface area contributed by atoms with Gasteiger partial charge in [0.15, 0.2) is 0 Å². The number of aryl methyl sites for hydroxylation is 1. The van der Waals surface area contributed by atoms with Crippen molar-refractivity contribution in [2.75, 3.05) is 6.54 Å².